The Morgan fingerprint density at radius 2 is 2.09 bits per heavy atom. The Hall–Kier alpha value is -0.890. The third-order valence-corrected chi connectivity index (χ3v) is 1.42. The summed E-state index contributed by atoms with van der Waals surface area (Å²) in [6, 6.07) is 0. The van der Waals surface area contributed by atoms with Gasteiger partial charge in [0, 0.05) is 12.6 Å². The highest BCUT2D eigenvalue weighted by atomic mass is 35.5. The number of aliphatic imine (C=N–C) groups is 2. The van der Waals surface area contributed by atoms with Crippen LogP contribution in [0.1, 0.15) is 6.92 Å². The number of amidine groups is 1. The Bertz CT molecular complexity index is 226. The summed E-state index contributed by atoms with van der Waals surface area (Å²) < 4.78 is 0. The molecular weight excluding hydrogens is 160 g/mol. The van der Waals surface area contributed by atoms with E-state index in [0.717, 1.165) is 0 Å². The Kier molecular flexibility index (Phi) is 4.46. The van der Waals surface area contributed by atoms with Crippen LogP contribution in [-0.2, 0) is 0 Å². The smallest absolute Gasteiger partial charge is 0.137 e. The fourth-order valence-corrected chi connectivity index (χ4v) is 0.548. The van der Waals surface area contributed by atoms with Crippen molar-refractivity contribution in [2.24, 2.45) is 9.98 Å². The topological polar surface area (TPSA) is 24.7 Å². The fraction of sp³-hybridized carbons (Fsp3) is 0.250. The first-order chi connectivity index (χ1) is 5.11. The van der Waals surface area contributed by atoms with Gasteiger partial charge in [-0.2, -0.15) is 0 Å². The number of rotatable bonds is 2. The summed E-state index contributed by atoms with van der Waals surface area (Å²) in [7, 11) is 1.65. The molecule has 0 radical (unpaired) electrons. The molecule has 0 N–H and O–H groups in total. The van der Waals surface area contributed by atoms with Gasteiger partial charge in [0.2, 0.25) is 0 Å². The molecule has 0 aliphatic rings. The minimum atomic E-state index is 0.336. The highest BCUT2D eigenvalue weighted by Crippen LogP contribution is 2.01. The van der Waals surface area contributed by atoms with Crippen LogP contribution in [0.3, 0.4) is 0 Å². The van der Waals surface area contributed by atoms with E-state index in [1.165, 1.54) is 0 Å². The number of nitrogens with zero attached hydrogens (tertiary/aromatic N) is 2. The van der Waals surface area contributed by atoms with Gasteiger partial charge in [-0.05, 0) is 6.92 Å². The lowest BCUT2D eigenvalue weighted by Gasteiger charge is -1.94. The van der Waals surface area contributed by atoms with Gasteiger partial charge < -0.3 is 0 Å². The molecule has 11 heavy (non-hydrogen) atoms. The zero-order valence-electron chi connectivity index (χ0n) is 6.76. The second kappa shape index (κ2) is 4.85. The van der Waals surface area contributed by atoms with Gasteiger partial charge in [-0.3, -0.25) is 4.99 Å². The van der Waals surface area contributed by atoms with Crippen molar-refractivity contribution in [1.29, 1.82) is 0 Å². The van der Waals surface area contributed by atoms with Gasteiger partial charge in [0.25, 0.3) is 0 Å². The molecule has 0 fully saturated rings. The molecule has 0 unspecified atom stereocenters. The molecule has 0 saturated carbocycles. The quantitative estimate of drug-likeness (QED) is 0.346. The molecule has 0 amide bonds. The van der Waals surface area contributed by atoms with Gasteiger partial charge in [-0.25, -0.2) is 4.99 Å². The average molecular weight is 171 g/mol. The molecular formula is C8H11ClN2. The first-order valence-electron chi connectivity index (χ1n) is 3.11. The van der Waals surface area contributed by atoms with Gasteiger partial charge in [-0.1, -0.05) is 30.8 Å². The molecule has 0 aromatic heterocycles. The molecule has 0 aliphatic heterocycles. The Morgan fingerprint density at radius 3 is 2.45 bits per heavy atom. The molecule has 2 nitrogen and oxygen atoms in total. The summed E-state index contributed by atoms with van der Waals surface area (Å²) in [4.78, 5) is 7.74. The average Bonchev–Trinajstić information content (AvgIpc) is 2.02. The normalized spacial score (nSPS) is 13.0. The van der Waals surface area contributed by atoms with E-state index < -0.39 is 0 Å². The Labute approximate surface area is 72.0 Å². The maximum absolute atomic E-state index is 5.70. The van der Waals surface area contributed by atoms with E-state index in [0.29, 0.717) is 16.6 Å². The molecule has 60 valence electrons. The fourth-order valence-electron chi connectivity index (χ4n) is 0.348. The maximum Gasteiger partial charge on any atom is 0.137 e. The highest BCUT2D eigenvalue weighted by molar-refractivity contribution is 6.70. The van der Waals surface area contributed by atoms with Crippen molar-refractivity contribution < 1.29 is 0 Å². The zero-order valence-corrected chi connectivity index (χ0v) is 7.52. The van der Waals surface area contributed by atoms with Crippen LogP contribution in [0.25, 0.3) is 0 Å². The van der Waals surface area contributed by atoms with E-state index in [9.17, 15) is 0 Å². The van der Waals surface area contributed by atoms with Crippen LogP contribution in [0.2, 0.25) is 0 Å². The first kappa shape index (κ1) is 10.1. The summed E-state index contributed by atoms with van der Waals surface area (Å²) >= 11 is 5.70. The van der Waals surface area contributed by atoms with Crippen molar-refractivity contribution in [3.63, 3.8) is 0 Å². The SMILES string of the molecule is C=CC(=C)/C(Cl)=N\C(C)=N/C. The standard InChI is InChI=1S/C8H11ClN2/c1-5-6(2)8(9)11-7(3)10-4/h5H,1-2H2,3-4H3/b10-7-,11-8+. The molecule has 0 atom stereocenters. The lowest BCUT2D eigenvalue weighted by molar-refractivity contribution is 1.38. The van der Waals surface area contributed by atoms with Crippen molar-refractivity contribution in [3.05, 3.63) is 24.8 Å². The lowest BCUT2D eigenvalue weighted by Crippen LogP contribution is -1.94. The summed E-state index contributed by atoms with van der Waals surface area (Å²) in [5.74, 6) is 0.623. The van der Waals surface area contributed by atoms with Crippen LogP contribution >= 0.6 is 11.6 Å². The second-order valence-electron chi connectivity index (χ2n) is 1.90. The Balaban J connectivity index is 4.46. The largest absolute Gasteiger partial charge is 0.274 e. The molecule has 0 rings (SSSR count). The van der Waals surface area contributed by atoms with E-state index in [2.05, 4.69) is 23.1 Å². The highest BCUT2D eigenvalue weighted by Gasteiger charge is 1.95. The number of hydrogen-bond acceptors (Lipinski definition) is 1. The van der Waals surface area contributed by atoms with Gasteiger partial charge in [-0.15, -0.1) is 0 Å². The predicted molar refractivity (Wildman–Crippen MR) is 51.7 cm³/mol. The minimum Gasteiger partial charge on any atom is -0.274 e. The van der Waals surface area contributed by atoms with Crippen molar-refractivity contribution in [3.8, 4) is 0 Å². The predicted octanol–water partition coefficient (Wildman–Crippen LogP) is 2.41. The molecule has 0 aliphatic carbocycles. The van der Waals surface area contributed by atoms with E-state index >= 15 is 0 Å². The summed E-state index contributed by atoms with van der Waals surface area (Å²) in [6.07, 6.45) is 1.55. The lowest BCUT2D eigenvalue weighted by atomic mass is 10.3. The van der Waals surface area contributed by atoms with Gasteiger partial charge in [0.15, 0.2) is 0 Å². The number of halogens is 1. The van der Waals surface area contributed by atoms with Crippen molar-refractivity contribution in [2.75, 3.05) is 7.05 Å². The summed E-state index contributed by atoms with van der Waals surface area (Å²) in [6.45, 7) is 8.90. The molecule has 0 aromatic rings. The van der Waals surface area contributed by atoms with Crippen LogP contribution in [-0.4, -0.2) is 18.1 Å². The molecule has 0 spiro atoms. The molecule has 0 heterocycles. The van der Waals surface area contributed by atoms with Crippen molar-refractivity contribution >= 4 is 22.6 Å². The second-order valence-corrected chi connectivity index (χ2v) is 2.26. The maximum atomic E-state index is 5.70. The molecule has 0 aromatic carbocycles. The van der Waals surface area contributed by atoms with Gasteiger partial charge in [0.1, 0.15) is 11.0 Å². The third kappa shape index (κ3) is 3.73. The first-order valence-corrected chi connectivity index (χ1v) is 3.49. The molecule has 0 saturated heterocycles. The van der Waals surface area contributed by atoms with E-state index in [1.807, 2.05) is 0 Å². The van der Waals surface area contributed by atoms with Crippen molar-refractivity contribution in [2.45, 2.75) is 6.92 Å². The van der Waals surface area contributed by atoms with Crippen LogP contribution in [0.5, 0.6) is 0 Å². The summed E-state index contributed by atoms with van der Waals surface area (Å²) in [5, 5.41) is 0.336. The third-order valence-electron chi connectivity index (χ3n) is 1.09. The summed E-state index contributed by atoms with van der Waals surface area (Å²) in [5.41, 5.74) is 0.606. The van der Waals surface area contributed by atoms with Crippen molar-refractivity contribution in [1.82, 2.24) is 0 Å². The van der Waals surface area contributed by atoms with E-state index in [1.54, 1.807) is 20.0 Å². The van der Waals surface area contributed by atoms with E-state index in [-0.39, 0.29) is 0 Å². The molecule has 3 heteroatoms. The van der Waals surface area contributed by atoms with Crippen LogP contribution in [0.15, 0.2) is 34.8 Å². The number of hydrogen-bond donors (Lipinski definition) is 0. The van der Waals surface area contributed by atoms with Crippen LogP contribution < -0.4 is 0 Å². The van der Waals surface area contributed by atoms with Gasteiger partial charge in [0.05, 0.1) is 0 Å². The number of allylic oxidation sites excluding steroid dienone is 2. The Morgan fingerprint density at radius 1 is 1.55 bits per heavy atom. The minimum absolute atomic E-state index is 0.336. The van der Waals surface area contributed by atoms with Crippen LogP contribution in [0, 0.1) is 0 Å². The monoisotopic (exact) mass is 170 g/mol. The van der Waals surface area contributed by atoms with Crippen LogP contribution in [0.4, 0.5) is 0 Å². The zero-order chi connectivity index (χ0) is 8.85. The van der Waals surface area contributed by atoms with Gasteiger partial charge >= 0.3 is 0 Å². The molecule has 0 bridgehead atoms. The van der Waals surface area contributed by atoms with E-state index in [4.69, 9.17) is 11.6 Å².